The van der Waals surface area contributed by atoms with Crippen LogP contribution in [0.3, 0.4) is 0 Å². The Labute approximate surface area is 145 Å². The van der Waals surface area contributed by atoms with Crippen molar-refractivity contribution in [3.63, 3.8) is 0 Å². The van der Waals surface area contributed by atoms with E-state index < -0.39 is 16.1 Å². The fourth-order valence-corrected chi connectivity index (χ4v) is 4.65. The quantitative estimate of drug-likeness (QED) is 0.820. The molecule has 1 aliphatic rings. The number of rotatable bonds is 7. The van der Waals surface area contributed by atoms with Crippen LogP contribution in [0.4, 0.5) is 0 Å². The van der Waals surface area contributed by atoms with Gasteiger partial charge in [-0.2, -0.15) is 4.31 Å². The Morgan fingerprint density at radius 3 is 2.54 bits per heavy atom. The van der Waals surface area contributed by atoms with Gasteiger partial charge in [-0.05, 0) is 49.3 Å². The maximum absolute atomic E-state index is 12.9. The second-order valence-corrected chi connectivity index (χ2v) is 8.33. The smallest absolute Gasteiger partial charge is 0.243 e. The molecule has 0 spiro atoms. The van der Waals surface area contributed by atoms with Crippen molar-refractivity contribution in [2.75, 3.05) is 13.1 Å². The Morgan fingerprint density at radius 1 is 1.29 bits per heavy atom. The Bertz CT molecular complexity index is 655. The summed E-state index contributed by atoms with van der Waals surface area (Å²) in [6.45, 7) is 7.19. The van der Waals surface area contributed by atoms with E-state index in [4.69, 9.17) is 0 Å². The first-order chi connectivity index (χ1) is 11.4. The van der Waals surface area contributed by atoms with Crippen LogP contribution in [-0.4, -0.2) is 37.8 Å². The highest BCUT2D eigenvalue weighted by atomic mass is 32.2. The van der Waals surface area contributed by atoms with Gasteiger partial charge in [0.15, 0.2) is 0 Å². The normalized spacial score (nSPS) is 20.0. The number of nitrogens with one attached hydrogen (secondary N) is 1. The molecule has 134 valence electrons. The summed E-state index contributed by atoms with van der Waals surface area (Å²) in [7, 11) is -3.63. The number of amides is 1. The fourth-order valence-electron chi connectivity index (χ4n) is 3.00. The van der Waals surface area contributed by atoms with Crippen LogP contribution in [0.25, 0.3) is 0 Å². The highest BCUT2D eigenvalue weighted by molar-refractivity contribution is 7.89. The van der Waals surface area contributed by atoms with Crippen LogP contribution in [0.1, 0.15) is 57.9 Å². The van der Waals surface area contributed by atoms with Crippen molar-refractivity contribution in [1.29, 1.82) is 0 Å². The summed E-state index contributed by atoms with van der Waals surface area (Å²) in [6.07, 6.45) is 3.15. The second-order valence-electron chi connectivity index (χ2n) is 6.44. The average Bonchev–Trinajstić information content (AvgIpc) is 3.09. The van der Waals surface area contributed by atoms with Crippen molar-refractivity contribution in [2.24, 2.45) is 0 Å². The van der Waals surface area contributed by atoms with Crippen LogP contribution in [0.15, 0.2) is 29.2 Å². The van der Waals surface area contributed by atoms with Crippen molar-refractivity contribution in [2.45, 2.75) is 63.3 Å². The molecule has 0 saturated carbocycles. The third kappa shape index (κ3) is 3.98. The van der Waals surface area contributed by atoms with Gasteiger partial charge in [0.1, 0.15) is 6.04 Å². The molecule has 6 heteroatoms. The number of carbonyl (C=O) groups is 1. The molecule has 1 aliphatic heterocycles. The molecule has 0 bridgehead atoms. The number of hydrogen-bond donors (Lipinski definition) is 1. The van der Waals surface area contributed by atoms with E-state index in [0.717, 1.165) is 18.4 Å². The van der Waals surface area contributed by atoms with Crippen LogP contribution in [-0.2, 0) is 14.8 Å². The third-order valence-corrected chi connectivity index (χ3v) is 6.65. The van der Waals surface area contributed by atoms with Crippen LogP contribution in [0.5, 0.6) is 0 Å². The molecule has 1 fully saturated rings. The molecule has 1 heterocycles. The minimum Gasteiger partial charge on any atom is -0.355 e. The van der Waals surface area contributed by atoms with E-state index in [1.165, 1.54) is 4.31 Å². The minimum absolute atomic E-state index is 0.186. The fraction of sp³-hybridized carbons (Fsp3) is 0.611. The second kappa shape index (κ2) is 8.12. The molecular weight excluding hydrogens is 324 g/mol. The van der Waals surface area contributed by atoms with E-state index in [1.54, 1.807) is 12.1 Å². The van der Waals surface area contributed by atoms with Crippen LogP contribution >= 0.6 is 0 Å². The van der Waals surface area contributed by atoms with Crippen molar-refractivity contribution in [3.05, 3.63) is 29.8 Å². The monoisotopic (exact) mass is 352 g/mol. The van der Waals surface area contributed by atoms with Crippen LogP contribution in [0, 0.1) is 0 Å². The summed E-state index contributed by atoms with van der Waals surface area (Å²) in [5.74, 6) is 0.218. The highest BCUT2D eigenvalue weighted by Crippen LogP contribution is 2.27. The molecule has 1 saturated heterocycles. The van der Waals surface area contributed by atoms with E-state index in [9.17, 15) is 13.2 Å². The van der Waals surface area contributed by atoms with Gasteiger partial charge in [-0.25, -0.2) is 8.42 Å². The van der Waals surface area contributed by atoms with Gasteiger partial charge in [-0.3, -0.25) is 4.79 Å². The largest absolute Gasteiger partial charge is 0.355 e. The predicted molar refractivity (Wildman–Crippen MR) is 95.4 cm³/mol. The number of nitrogens with zero attached hydrogens (tertiary/aromatic N) is 1. The molecule has 1 aromatic rings. The van der Waals surface area contributed by atoms with Crippen molar-refractivity contribution < 1.29 is 13.2 Å². The van der Waals surface area contributed by atoms with Gasteiger partial charge in [0.2, 0.25) is 15.9 Å². The van der Waals surface area contributed by atoms with E-state index in [-0.39, 0.29) is 10.8 Å². The molecule has 0 unspecified atom stereocenters. The Balaban J connectivity index is 2.20. The van der Waals surface area contributed by atoms with Gasteiger partial charge in [-0.15, -0.1) is 0 Å². The lowest BCUT2D eigenvalue weighted by molar-refractivity contribution is -0.124. The molecule has 0 radical (unpaired) electrons. The number of sulfonamides is 1. The Morgan fingerprint density at radius 2 is 1.96 bits per heavy atom. The van der Waals surface area contributed by atoms with Gasteiger partial charge >= 0.3 is 0 Å². The lowest BCUT2D eigenvalue weighted by atomic mass is 9.99. The van der Waals surface area contributed by atoms with Crippen LogP contribution < -0.4 is 5.32 Å². The zero-order chi connectivity index (χ0) is 17.7. The standard InChI is InChI=1S/C18H28N2O3S/c1-4-12-19-18(21)17-7-6-13-20(17)24(22,23)16-10-8-15(9-11-16)14(3)5-2/h8-11,14,17H,4-7,12-13H2,1-3H3,(H,19,21)/t14-,17-/m0/s1. The van der Waals surface area contributed by atoms with E-state index >= 15 is 0 Å². The topological polar surface area (TPSA) is 66.5 Å². The molecule has 0 aliphatic carbocycles. The lowest BCUT2D eigenvalue weighted by Gasteiger charge is -2.23. The minimum atomic E-state index is -3.63. The SMILES string of the molecule is CCCNC(=O)[C@@H]1CCCN1S(=O)(=O)c1ccc([C@@H](C)CC)cc1. The molecule has 5 nitrogen and oxygen atoms in total. The van der Waals surface area contributed by atoms with Crippen LogP contribution in [0.2, 0.25) is 0 Å². The molecule has 0 aromatic heterocycles. The molecule has 24 heavy (non-hydrogen) atoms. The van der Waals surface area contributed by atoms with E-state index in [0.29, 0.717) is 31.8 Å². The Hall–Kier alpha value is -1.40. The lowest BCUT2D eigenvalue weighted by Crippen LogP contribution is -2.46. The van der Waals surface area contributed by atoms with Crippen molar-refractivity contribution >= 4 is 15.9 Å². The first-order valence-corrected chi connectivity index (χ1v) is 10.2. The summed E-state index contributed by atoms with van der Waals surface area (Å²) in [6, 6.07) is 6.49. The van der Waals surface area contributed by atoms with E-state index in [2.05, 4.69) is 19.2 Å². The first kappa shape index (κ1) is 18.9. The predicted octanol–water partition coefficient (Wildman–Crippen LogP) is 2.88. The van der Waals surface area contributed by atoms with Crippen molar-refractivity contribution in [1.82, 2.24) is 9.62 Å². The van der Waals surface area contributed by atoms with Crippen molar-refractivity contribution in [3.8, 4) is 0 Å². The number of benzene rings is 1. The maximum atomic E-state index is 12.9. The molecule has 1 amide bonds. The summed E-state index contributed by atoms with van der Waals surface area (Å²) >= 11 is 0. The molecule has 1 N–H and O–H groups in total. The summed E-state index contributed by atoms with van der Waals surface area (Å²) in [5.41, 5.74) is 1.13. The summed E-state index contributed by atoms with van der Waals surface area (Å²) in [4.78, 5) is 12.5. The van der Waals surface area contributed by atoms with Gasteiger partial charge in [-0.1, -0.05) is 32.9 Å². The van der Waals surface area contributed by atoms with Gasteiger partial charge in [0, 0.05) is 13.1 Å². The number of carbonyl (C=O) groups excluding carboxylic acids is 1. The first-order valence-electron chi connectivity index (χ1n) is 8.81. The highest BCUT2D eigenvalue weighted by Gasteiger charge is 2.39. The molecular formula is C18H28N2O3S. The Kier molecular flexibility index (Phi) is 6.40. The molecule has 2 atom stereocenters. The average molecular weight is 353 g/mol. The van der Waals surface area contributed by atoms with Gasteiger partial charge in [0.05, 0.1) is 4.90 Å². The zero-order valence-corrected chi connectivity index (χ0v) is 15.6. The number of hydrogen-bond acceptors (Lipinski definition) is 3. The van der Waals surface area contributed by atoms with Gasteiger partial charge < -0.3 is 5.32 Å². The summed E-state index contributed by atoms with van der Waals surface area (Å²) < 4.78 is 27.2. The zero-order valence-electron chi connectivity index (χ0n) is 14.8. The van der Waals surface area contributed by atoms with E-state index in [1.807, 2.05) is 19.1 Å². The maximum Gasteiger partial charge on any atom is 0.243 e. The third-order valence-electron chi connectivity index (χ3n) is 4.72. The molecule has 2 rings (SSSR count). The summed E-state index contributed by atoms with van der Waals surface area (Å²) in [5, 5.41) is 2.81. The molecule has 1 aromatic carbocycles. The van der Waals surface area contributed by atoms with Gasteiger partial charge in [0.25, 0.3) is 0 Å².